The van der Waals surface area contributed by atoms with Crippen LogP contribution >= 0.6 is 23.1 Å². The number of nitrogens with zero attached hydrogens (tertiary/aromatic N) is 1. The zero-order valence-corrected chi connectivity index (χ0v) is 12.5. The maximum Gasteiger partial charge on any atom is 0.107 e. The van der Waals surface area contributed by atoms with E-state index < -0.39 is 0 Å². The van der Waals surface area contributed by atoms with Gasteiger partial charge in [-0.15, -0.1) is 11.3 Å². The fraction of sp³-hybridized carbons (Fsp3) is 0.750. The van der Waals surface area contributed by atoms with Crippen molar-refractivity contribution in [1.29, 1.82) is 0 Å². The predicted octanol–water partition coefficient (Wildman–Crippen LogP) is 3.50. The highest BCUT2D eigenvalue weighted by molar-refractivity contribution is 7.99. The highest BCUT2D eigenvalue weighted by Crippen LogP contribution is 2.22. The van der Waals surface area contributed by atoms with Crippen LogP contribution in [0.2, 0.25) is 0 Å². The van der Waals surface area contributed by atoms with Crippen LogP contribution in [0.1, 0.15) is 43.5 Å². The van der Waals surface area contributed by atoms with Crippen molar-refractivity contribution in [2.24, 2.45) is 0 Å². The van der Waals surface area contributed by atoms with Crippen LogP contribution in [-0.4, -0.2) is 22.5 Å². The van der Waals surface area contributed by atoms with Gasteiger partial charge in [-0.1, -0.05) is 13.8 Å². The largest absolute Gasteiger partial charge is 0.309 e. The molecule has 0 fully saturated rings. The molecule has 0 atom stereocenters. The van der Waals surface area contributed by atoms with E-state index in [0.717, 1.165) is 13.1 Å². The van der Waals surface area contributed by atoms with Gasteiger partial charge in [0.15, 0.2) is 0 Å². The molecule has 1 aromatic heterocycles. The van der Waals surface area contributed by atoms with Crippen molar-refractivity contribution >= 4 is 23.1 Å². The van der Waals surface area contributed by atoms with Gasteiger partial charge in [-0.3, -0.25) is 0 Å². The summed E-state index contributed by atoms with van der Waals surface area (Å²) in [6.45, 7) is 10.8. The smallest absolute Gasteiger partial charge is 0.107 e. The first-order valence-electron chi connectivity index (χ1n) is 5.65. The topological polar surface area (TPSA) is 24.9 Å². The van der Waals surface area contributed by atoms with Gasteiger partial charge in [0.05, 0.1) is 0 Å². The Morgan fingerprint density at radius 3 is 2.69 bits per heavy atom. The van der Waals surface area contributed by atoms with Crippen molar-refractivity contribution in [3.05, 3.63) is 16.1 Å². The van der Waals surface area contributed by atoms with E-state index in [1.807, 2.05) is 29.3 Å². The Bertz CT molecular complexity index is 319. The van der Waals surface area contributed by atoms with Gasteiger partial charge in [0.25, 0.3) is 0 Å². The van der Waals surface area contributed by atoms with E-state index in [-0.39, 0.29) is 0 Å². The second-order valence-electron chi connectivity index (χ2n) is 4.88. The average Bonchev–Trinajstić information content (AvgIpc) is 2.66. The standard InChI is InChI=1S/C12H22N2S2/c1-9(2)10-6-14-11(16-10)7-13-8-12(3,4)15-5/h6,9,13H,7-8H2,1-5H3. The first-order valence-corrected chi connectivity index (χ1v) is 7.69. The number of hydrogen-bond acceptors (Lipinski definition) is 4. The zero-order chi connectivity index (χ0) is 12.2. The highest BCUT2D eigenvalue weighted by Gasteiger charge is 2.15. The molecule has 0 aromatic carbocycles. The second kappa shape index (κ2) is 6.03. The lowest BCUT2D eigenvalue weighted by atomic mass is 10.2. The van der Waals surface area contributed by atoms with E-state index in [9.17, 15) is 0 Å². The lowest BCUT2D eigenvalue weighted by Crippen LogP contribution is -2.31. The summed E-state index contributed by atoms with van der Waals surface area (Å²) in [5.41, 5.74) is 0. The molecule has 0 saturated carbocycles. The van der Waals surface area contributed by atoms with Crippen molar-refractivity contribution in [2.75, 3.05) is 12.8 Å². The lowest BCUT2D eigenvalue weighted by molar-refractivity contribution is 0.590. The van der Waals surface area contributed by atoms with E-state index in [2.05, 4.69) is 44.3 Å². The molecule has 0 amide bonds. The van der Waals surface area contributed by atoms with E-state index >= 15 is 0 Å². The van der Waals surface area contributed by atoms with Crippen molar-refractivity contribution in [1.82, 2.24) is 10.3 Å². The van der Waals surface area contributed by atoms with Crippen molar-refractivity contribution in [3.8, 4) is 0 Å². The molecule has 2 nitrogen and oxygen atoms in total. The Kier molecular flexibility index (Phi) is 5.28. The Morgan fingerprint density at radius 2 is 2.19 bits per heavy atom. The summed E-state index contributed by atoms with van der Waals surface area (Å²) in [7, 11) is 0. The lowest BCUT2D eigenvalue weighted by Gasteiger charge is -2.21. The molecule has 0 aliphatic heterocycles. The summed E-state index contributed by atoms with van der Waals surface area (Å²) in [6, 6.07) is 0. The number of aromatic nitrogens is 1. The van der Waals surface area contributed by atoms with E-state index in [4.69, 9.17) is 0 Å². The zero-order valence-electron chi connectivity index (χ0n) is 10.8. The molecular weight excluding hydrogens is 236 g/mol. The molecule has 92 valence electrons. The number of hydrogen-bond donors (Lipinski definition) is 1. The molecule has 1 rings (SSSR count). The van der Waals surface area contributed by atoms with Gasteiger partial charge in [0.1, 0.15) is 5.01 Å². The van der Waals surface area contributed by atoms with Gasteiger partial charge in [-0.25, -0.2) is 4.98 Å². The molecule has 1 N–H and O–H groups in total. The minimum absolute atomic E-state index is 0.304. The SMILES string of the molecule is CSC(C)(C)CNCc1ncc(C(C)C)s1. The first kappa shape index (κ1) is 14.0. The monoisotopic (exact) mass is 258 g/mol. The Labute approximate surface area is 107 Å². The Balaban J connectivity index is 2.37. The van der Waals surface area contributed by atoms with Crippen LogP contribution in [0, 0.1) is 0 Å². The number of nitrogens with one attached hydrogen (secondary N) is 1. The molecule has 0 saturated heterocycles. The molecule has 0 aliphatic carbocycles. The summed E-state index contributed by atoms with van der Waals surface area (Å²) in [4.78, 5) is 5.81. The molecule has 16 heavy (non-hydrogen) atoms. The second-order valence-corrected chi connectivity index (χ2v) is 7.54. The van der Waals surface area contributed by atoms with Crippen LogP contribution in [0.4, 0.5) is 0 Å². The molecule has 1 aromatic rings. The molecule has 0 bridgehead atoms. The summed E-state index contributed by atoms with van der Waals surface area (Å²) in [6.07, 6.45) is 4.16. The molecule has 0 aliphatic rings. The Morgan fingerprint density at radius 1 is 1.50 bits per heavy atom. The van der Waals surface area contributed by atoms with Crippen LogP contribution in [0.3, 0.4) is 0 Å². The molecule has 0 radical (unpaired) electrons. The van der Waals surface area contributed by atoms with E-state index in [0.29, 0.717) is 10.7 Å². The van der Waals surface area contributed by atoms with Crippen LogP contribution in [-0.2, 0) is 6.54 Å². The number of thiazole rings is 1. The Hall–Kier alpha value is -0.0600. The van der Waals surface area contributed by atoms with Crippen LogP contribution in [0.15, 0.2) is 6.20 Å². The molecule has 4 heteroatoms. The maximum absolute atomic E-state index is 4.43. The van der Waals surface area contributed by atoms with Crippen LogP contribution < -0.4 is 5.32 Å². The molecule has 0 unspecified atom stereocenters. The van der Waals surface area contributed by atoms with Crippen LogP contribution in [0.25, 0.3) is 0 Å². The fourth-order valence-electron chi connectivity index (χ4n) is 1.22. The molecule has 0 spiro atoms. The predicted molar refractivity (Wildman–Crippen MR) is 75.5 cm³/mol. The summed E-state index contributed by atoms with van der Waals surface area (Å²) < 4.78 is 0.304. The third-order valence-corrected chi connectivity index (χ3v) is 5.07. The van der Waals surface area contributed by atoms with Crippen molar-refractivity contribution < 1.29 is 0 Å². The summed E-state index contributed by atoms with van der Waals surface area (Å²) in [5, 5.41) is 4.67. The summed E-state index contributed by atoms with van der Waals surface area (Å²) in [5.74, 6) is 0.592. The molecule has 1 heterocycles. The van der Waals surface area contributed by atoms with Gasteiger partial charge >= 0.3 is 0 Å². The van der Waals surface area contributed by atoms with Crippen molar-refractivity contribution in [2.45, 2.75) is 44.9 Å². The van der Waals surface area contributed by atoms with E-state index in [1.54, 1.807) is 0 Å². The minimum atomic E-state index is 0.304. The number of thioether (sulfide) groups is 1. The van der Waals surface area contributed by atoms with Gasteiger partial charge in [0, 0.05) is 28.9 Å². The van der Waals surface area contributed by atoms with Gasteiger partial charge < -0.3 is 5.32 Å². The average molecular weight is 258 g/mol. The maximum atomic E-state index is 4.43. The number of rotatable bonds is 6. The van der Waals surface area contributed by atoms with Crippen molar-refractivity contribution in [3.63, 3.8) is 0 Å². The fourth-order valence-corrected chi connectivity index (χ4v) is 2.35. The highest BCUT2D eigenvalue weighted by atomic mass is 32.2. The minimum Gasteiger partial charge on any atom is -0.309 e. The van der Waals surface area contributed by atoms with Gasteiger partial charge in [-0.2, -0.15) is 11.8 Å². The third-order valence-electron chi connectivity index (χ3n) is 2.52. The van der Waals surface area contributed by atoms with Crippen LogP contribution in [0.5, 0.6) is 0 Å². The van der Waals surface area contributed by atoms with Gasteiger partial charge in [-0.05, 0) is 26.0 Å². The third kappa shape index (κ3) is 4.44. The molecular formula is C12H22N2S2. The van der Waals surface area contributed by atoms with Gasteiger partial charge in [0.2, 0.25) is 0 Å². The normalized spacial score (nSPS) is 12.4. The van der Waals surface area contributed by atoms with E-state index in [1.165, 1.54) is 9.88 Å². The first-order chi connectivity index (χ1) is 7.44. The summed E-state index contributed by atoms with van der Waals surface area (Å²) >= 11 is 3.71. The quantitative estimate of drug-likeness (QED) is 0.845.